The van der Waals surface area contributed by atoms with Gasteiger partial charge in [-0.3, -0.25) is 0 Å². The smallest absolute Gasteiger partial charge is 0.293 e. The van der Waals surface area contributed by atoms with E-state index in [0.29, 0.717) is 31.8 Å². The molecule has 12 heteroatoms. The minimum Gasteiger partial charge on any atom is -0.471 e. The number of nitrogens with one attached hydrogen (secondary N) is 1. The summed E-state index contributed by atoms with van der Waals surface area (Å²) in [6.07, 6.45) is 6.76. The molecule has 4 heterocycles. The van der Waals surface area contributed by atoms with Crippen LogP contribution in [0.5, 0.6) is 0 Å². The zero-order valence-corrected chi connectivity index (χ0v) is 17.1. The Balaban J connectivity index is 1.44. The van der Waals surface area contributed by atoms with Crippen molar-refractivity contribution >= 4 is 25.7 Å². The van der Waals surface area contributed by atoms with Crippen LogP contribution in [0.15, 0.2) is 44.1 Å². The molecule has 1 spiro atoms. The van der Waals surface area contributed by atoms with Crippen molar-refractivity contribution in [2.75, 3.05) is 23.4 Å². The quantitative estimate of drug-likeness (QED) is 0.761. The van der Waals surface area contributed by atoms with Gasteiger partial charge in [-0.25, -0.2) is 18.6 Å². The monoisotopic (exact) mass is 444 g/mol. The summed E-state index contributed by atoms with van der Waals surface area (Å²) in [7, 11) is -6.92. The van der Waals surface area contributed by atoms with Gasteiger partial charge in [-0.05, 0) is 31.7 Å². The first-order valence-electron chi connectivity index (χ1n) is 9.17. The molecule has 0 amide bonds. The van der Waals surface area contributed by atoms with Crippen LogP contribution in [-0.4, -0.2) is 52.4 Å². The molecule has 0 aliphatic carbocycles. The molecule has 2 aromatic heterocycles. The van der Waals surface area contributed by atoms with Crippen LogP contribution >= 0.6 is 0 Å². The van der Waals surface area contributed by atoms with Crippen molar-refractivity contribution in [2.45, 2.75) is 42.2 Å². The number of furan rings is 1. The van der Waals surface area contributed by atoms with Gasteiger partial charge < -0.3 is 14.5 Å². The number of halogens is 1. The Labute approximate surface area is 168 Å². The highest BCUT2D eigenvalue weighted by molar-refractivity contribution is 8.03. The highest BCUT2D eigenvalue weighted by atomic mass is 32.3. The van der Waals surface area contributed by atoms with Crippen molar-refractivity contribution in [3.8, 4) is 0 Å². The van der Waals surface area contributed by atoms with E-state index in [9.17, 15) is 17.0 Å². The van der Waals surface area contributed by atoms with E-state index in [0.717, 1.165) is 25.1 Å². The molecule has 158 valence electrons. The summed E-state index contributed by atoms with van der Waals surface area (Å²) in [6.45, 7) is 0.504. The predicted octanol–water partition coefficient (Wildman–Crippen LogP) is 2.19. The average molecular weight is 445 g/mol. The minimum absolute atomic E-state index is 0.0231. The molecule has 4 rings (SSSR count). The third-order valence-corrected chi connectivity index (χ3v) is 9.61. The van der Waals surface area contributed by atoms with Crippen LogP contribution in [0.25, 0.3) is 0 Å². The number of hydrogen-bond acceptors (Lipinski definition) is 8. The fourth-order valence-corrected chi connectivity index (χ4v) is 8.04. The highest BCUT2D eigenvalue weighted by Gasteiger charge is 2.42. The lowest BCUT2D eigenvalue weighted by Crippen LogP contribution is -2.49. The van der Waals surface area contributed by atoms with Crippen molar-refractivity contribution in [1.82, 2.24) is 9.97 Å². The van der Waals surface area contributed by atoms with Gasteiger partial charge in [0.05, 0.1) is 34.0 Å². The predicted molar refractivity (Wildman–Crippen MR) is 103 cm³/mol. The second-order valence-electron chi connectivity index (χ2n) is 7.28. The molecule has 2 aliphatic rings. The number of sulfonamides is 1. The van der Waals surface area contributed by atoms with Gasteiger partial charge in [-0.15, -0.1) is 3.77 Å². The van der Waals surface area contributed by atoms with Crippen LogP contribution in [0.1, 0.15) is 25.7 Å². The largest absolute Gasteiger partial charge is 0.471 e. The first kappa shape index (κ1) is 20.2. The Hall–Kier alpha value is -2.05. The number of ether oxygens (including phenoxy) is 1. The van der Waals surface area contributed by atoms with Gasteiger partial charge in [0.25, 0.3) is 10.0 Å². The maximum absolute atomic E-state index is 13.0. The van der Waals surface area contributed by atoms with E-state index in [4.69, 9.17) is 9.15 Å². The molecule has 0 radical (unpaired) electrons. The molecule has 2 fully saturated rings. The molecule has 2 aromatic rings. The van der Waals surface area contributed by atoms with Gasteiger partial charge in [0.15, 0.2) is 5.82 Å². The number of aromatic nitrogens is 2. The molecule has 9 nitrogen and oxygen atoms in total. The van der Waals surface area contributed by atoms with E-state index >= 15 is 0 Å². The second-order valence-corrected chi connectivity index (χ2v) is 11.7. The molecule has 2 saturated heterocycles. The molecule has 1 N–H and O–H groups in total. The minimum atomic E-state index is -4.02. The zero-order valence-electron chi connectivity index (χ0n) is 15.5. The van der Waals surface area contributed by atoms with Gasteiger partial charge in [0.2, 0.25) is 5.95 Å². The number of anilines is 1. The van der Waals surface area contributed by atoms with Crippen LogP contribution < -0.4 is 5.32 Å². The summed E-state index contributed by atoms with van der Waals surface area (Å²) in [6, 6.07) is 1.30. The Morgan fingerprint density at radius 1 is 1.28 bits per heavy atom. The normalized spacial score (nSPS) is 30.2. The summed E-state index contributed by atoms with van der Waals surface area (Å²) < 4.78 is 65.2. The van der Waals surface area contributed by atoms with Gasteiger partial charge in [0.1, 0.15) is 11.2 Å². The lowest BCUT2D eigenvalue weighted by atomic mass is 9.85. The van der Waals surface area contributed by atoms with Crippen LogP contribution in [0.4, 0.5) is 10.3 Å². The number of hydrogen-bond donors (Lipinski definition) is 1. The van der Waals surface area contributed by atoms with Gasteiger partial charge in [0, 0.05) is 24.2 Å². The lowest BCUT2D eigenvalue weighted by molar-refractivity contribution is -0.0872. The molecule has 2 aliphatic heterocycles. The molecule has 0 bridgehead atoms. The SMILES string of the molecule is O=S(=O)(N=S1(=O)CCC2(CC1)CC(Nc1ncc(F)cn1)CCO2)c1ccoc1. The number of nitrogens with zero attached hydrogens (tertiary/aromatic N) is 3. The highest BCUT2D eigenvalue weighted by Crippen LogP contribution is 2.37. The molecule has 0 aromatic carbocycles. The van der Waals surface area contributed by atoms with Crippen molar-refractivity contribution in [3.05, 3.63) is 36.8 Å². The summed E-state index contributed by atoms with van der Waals surface area (Å²) in [5, 5.41) is 3.19. The Morgan fingerprint density at radius 3 is 2.66 bits per heavy atom. The van der Waals surface area contributed by atoms with Crippen molar-refractivity contribution < 1.29 is 26.2 Å². The summed E-state index contributed by atoms with van der Waals surface area (Å²) in [5.41, 5.74) is -0.494. The van der Waals surface area contributed by atoms with E-state index in [1.807, 2.05) is 0 Å². The average Bonchev–Trinajstić information content (AvgIpc) is 3.23. The van der Waals surface area contributed by atoms with Crippen molar-refractivity contribution in [3.63, 3.8) is 0 Å². The van der Waals surface area contributed by atoms with Crippen LogP contribution in [0.3, 0.4) is 0 Å². The topological polar surface area (TPSA) is 124 Å². The van der Waals surface area contributed by atoms with Crippen molar-refractivity contribution in [2.24, 2.45) is 3.77 Å². The molecule has 29 heavy (non-hydrogen) atoms. The zero-order chi connectivity index (χ0) is 20.5. The molecule has 1 unspecified atom stereocenters. The van der Waals surface area contributed by atoms with Gasteiger partial charge >= 0.3 is 0 Å². The maximum Gasteiger partial charge on any atom is 0.293 e. The molecule has 1 atom stereocenters. The molecular formula is C17H21FN4O5S2. The Kier molecular flexibility index (Phi) is 5.34. The fourth-order valence-electron chi connectivity index (χ4n) is 3.68. The Morgan fingerprint density at radius 2 is 2.00 bits per heavy atom. The van der Waals surface area contributed by atoms with Gasteiger partial charge in [-0.1, -0.05) is 0 Å². The van der Waals surface area contributed by atoms with E-state index in [1.54, 1.807) is 0 Å². The summed E-state index contributed by atoms with van der Waals surface area (Å²) in [5.74, 6) is 0.123. The fraction of sp³-hybridized carbons (Fsp3) is 0.529. The summed E-state index contributed by atoms with van der Waals surface area (Å²) >= 11 is 0. The Bertz CT molecular complexity index is 1070. The standard InChI is InChI=1S/C17H21FN4O5S2/c18-13-10-19-16(20-11-13)21-14-1-6-27-17(9-14)3-7-28(23,8-4-17)22-29(24,25)15-2-5-26-12-15/h2,5,10-12,14H,1,3-4,6-9H2,(H,19,20,21). The lowest BCUT2D eigenvalue weighted by Gasteiger charge is -2.44. The first-order valence-corrected chi connectivity index (χ1v) is 12.5. The summed E-state index contributed by atoms with van der Waals surface area (Å²) in [4.78, 5) is 7.74. The third kappa shape index (κ3) is 4.59. The maximum atomic E-state index is 13.0. The molecule has 0 saturated carbocycles. The van der Waals surface area contributed by atoms with E-state index in [2.05, 4.69) is 19.1 Å². The van der Waals surface area contributed by atoms with Crippen LogP contribution in [-0.2, 0) is 24.5 Å². The van der Waals surface area contributed by atoms with E-state index in [1.165, 1.54) is 12.3 Å². The van der Waals surface area contributed by atoms with E-state index in [-0.39, 0.29) is 22.4 Å². The second kappa shape index (κ2) is 7.65. The first-order chi connectivity index (χ1) is 13.8. The van der Waals surface area contributed by atoms with Crippen LogP contribution in [0.2, 0.25) is 0 Å². The van der Waals surface area contributed by atoms with E-state index < -0.39 is 31.2 Å². The molecular weight excluding hydrogens is 423 g/mol. The van der Waals surface area contributed by atoms with Crippen molar-refractivity contribution in [1.29, 1.82) is 0 Å². The number of rotatable bonds is 4. The van der Waals surface area contributed by atoms with Crippen LogP contribution in [0, 0.1) is 5.82 Å². The van der Waals surface area contributed by atoms with Gasteiger partial charge in [-0.2, -0.15) is 8.42 Å². The third-order valence-electron chi connectivity index (χ3n) is 5.23.